The van der Waals surface area contributed by atoms with Crippen molar-refractivity contribution in [2.45, 2.75) is 32.7 Å². The molecule has 0 aromatic carbocycles. The van der Waals surface area contributed by atoms with E-state index in [1.807, 2.05) is 0 Å². The van der Waals surface area contributed by atoms with Gasteiger partial charge in [0.2, 0.25) is 0 Å². The summed E-state index contributed by atoms with van der Waals surface area (Å²) >= 11 is 0. The molecular weight excluding hydrogens is 150 g/mol. The van der Waals surface area contributed by atoms with Gasteiger partial charge in [-0.25, -0.2) is 0 Å². The molecular formula is C10H17NO. The number of aldehydes is 1. The van der Waals surface area contributed by atoms with Gasteiger partial charge in [0.1, 0.15) is 6.29 Å². The van der Waals surface area contributed by atoms with Crippen LogP contribution in [0.4, 0.5) is 0 Å². The minimum atomic E-state index is 0.181. The summed E-state index contributed by atoms with van der Waals surface area (Å²) in [4.78, 5) is 12.8. The lowest BCUT2D eigenvalue weighted by Gasteiger charge is -2.17. The average Bonchev–Trinajstić information content (AvgIpc) is 2.47. The summed E-state index contributed by atoms with van der Waals surface area (Å²) in [6, 6.07) is 0.181. The van der Waals surface area contributed by atoms with Crippen LogP contribution in [-0.4, -0.2) is 30.3 Å². The highest BCUT2D eigenvalue weighted by atomic mass is 16.1. The van der Waals surface area contributed by atoms with Crippen molar-refractivity contribution in [1.29, 1.82) is 0 Å². The largest absolute Gasteiger partial charge is 0.302 e. The third kappa shape index (κ3) is 2.45. The fraction of sp³-hybridized carbons (Fsp3) is 0.700. The van der Waals surface area contributed by atoms with Gasteiger partial charge in [0.25, 0.3) is 0 Å². The molecule has 1 rings (SSSR count). The summed E-state index contributed by atoms with van der Waals surface area (Å²) in [5, 5.41) is 0. The maximum Gasteiger partial charge on any atom is 0.137 e. The van der Waals surface area contributed by atoms with E-state index in [4.69, 9.17) is 0 Å². The number of hydrogen-bond donors (Lipinski definition) is 0. The zero-order chi connectivity index (χ0) is 8.97. The Bertz CT molecular complexity index is 182. The fourth-order valence-corrected chi connectivity index (χ4v) is 1.53. The van der Waals surface area contributed by atoms with Gasteiger partial charge in [-0.1, -0.05) is 11.6 Å². The molecule has 0 bridgehead atoms. The van der Waals surface area contributed by atoms with Gasteiger partial charge in [-0.2, -0.15) is 0 Å². The van der Waals surface area contributed by atoms with E-state index in [0.717, 1.165) is 25.8 Å². The molecule has 1 heterocycles. The zero-order valence-corrected chi connectivity index (χ0v) is 7.92. The number of nitrogens with zero attached hydrogens (tertiary/aromatic N) is 1. The Hall–Kier alpha value is -0.630. The van der Waals surface area contributed by atoms with E-state index in [0.29, 0.717) is 0 Å². The predicted octanol–water partition coefficient (Wildman–Crippen LogP) is 1.62. The second kappa shape index (κ2) is 4.41. The summed E-state index contributed by atoms with van der Waals surface area (Å²) in [5.41, 5.74) is 1.33. The summed E-state index contributed by atoms with van der Waals surface area (Å²) < 4.78 is 0. The van der Waals surface area contributed by atoms with Gasteiger partial charge in [0.05, 0.1) is 6.04 Å². The Balaban J connectivity index is 2.40. The first-order chi connectivity index (χ1) is 5.74. The van der Waals surface area contributed by atoms with Crippen LogP contribution in [0.2, 0.25) is 0 Å². The minimum Gasteiger partial charge on any atom is -0.302 e. The van der Waals surface area contributed by atoms with Gasteiger partial charge < -0.3 is 4.79 Å². The van der Waals surface area contributed by atoms with Crippen LogP contribution in [0.15, 0.2) is 11.6 Å². The van der Waals surface area contributed by atoms with E-state index in [1.54, 1.807) is 0 Å². The minimum absolute atomic E-state index is 0.181. The van der Waals surface area contributed by atoms with Gasteiger partial charge in [0, 0.05) is 6.54 Å². The molecule has 0 saturated carbocycles. The Kier molecular flexibility index (Phi) is 3.48. The molecule has 1 saturated heterocycles. The molecule has 0 aliphatic carbocycles. The first-order valence-corrected chi connectivity index (χ1v) is 4.56. The second-order valence-electron chi connectivity index (χ2n) is 3.62. The lowest BCUT2D eigenvalue weighted by atomic mass is 10.2. The molecule has 2 nitrogen and oxygen atoms in total. The lowest BCUT2D eigenvalue weighted by Crippen LogP contribution is -2.30. The first kappa shape index (κ1) is 9.46. The van der Waals surface area contributed by atoms with Crippen molar-refractivity contribution in [2.75, 3.05) is 13.1 Å². The molecule has 0 amide bonds. The maximum atomic E-state index is 10.6. The van der Waals surface area contributed by atoms with Crippen molar-refractivity contribution in [1.82, 2.24) is 4.90 Å². The maximum absolute atomic E-state index is 10.6. The third-order valence-electron chi connectivity index (χ3n) is 2.31. The molecule has 1 aliphatic rings. The van der Waals surface area contributed by atoms with Crippen LogP contribution in [0.3, 0.4) is 0 Å². The SMILES string of the molecule is CC(C)=CCN1CCC[C@H]1C=O. The second-order valence-corrected chi connectivity index (χ2v) is 3.62. The van der Waals surface area contributed by atoms with E-state index in [1.165, 1.54) is 12.0 Å². The van der Waals surface area contributed by atoms with E-state index >= 15 is 0 Å². The van der Waals surface area contributed by atoms with Crippen LogP contribution >= 0.6 is 0 Å². The van der Waals surface area contributed by atoms with Gasteiger partial charge in [-0.3, -0.25) is 4.90 Å². The molecule has 0 unspecified atom stereocenters. The van der Waals surface area contributed by atoms with Crippen LogP contribution in [0.1, 0.15) is 26.7 Å². The number of allylic oxidation sites excluding steroid dienone is 1. The van der Waals surface area contributed by atoms with Gasteiger partial charge in [-0.05, 0) is 33.2 Å². The predicted molar refractivity (Wildman–Crippen MR) is 50.1 cm³/mol. The molecule has 1 fully saturated rings. The number of likely N-dealkylation sites (tertiary alicyclic amines) is 1. The van der Waals surface area contributed by atoms with Crippen molar-refractivity contribution in [2.24, 2.45) is 0 Å². The Morgan fingerprint density at radius 3 is 2.92 bits per heavy atom. The van der Waals surface area contributed by atoms with E-state index in [9.17, 15) is 4.79 Å². The Morgan fingerprint density at radius 1 is 1.58 bits per heavy atom. The molecule has 0 aromatic heterocycles. The highest BCUT2D eigenvalue weighted by molar-refractivity contribution is 5.58. The molecule has 12 heavy (non-hydrogen) atoms. The van der Waals surface area contributed by atoms with Crippen molar-refractivity contribution in [3.8, 4) is 0 Å². The van der Waals surface area contributed by atoms with Crippen LogP contribution in [0.5, 0.6) is 0 Å². The smallest absolute Gasteiger partial charge is 0.137 e. The van der Waals surface area contributed by atoms with Crippen molar-refractivity contribution in [3.63, 3.8) is 0 Å². The molecule has 0 radical (unpaired) electrons. The van der Waals surface area contributed by atoms with Crippen LogP contribution in [0, 0.1) is 0 Å². The molecule has 68 valence electrons. The molecule has 1 atom stereocenters. The van der Waals surface area contributed by atoms with Crippen LogP contribution < -0.4 is 0 Å². The van der Waals surface area contributed by atoms with Gasteiger partial charge >= 0.3 is 0 Å². The lowest BCUT2D eigenvalue weighted by molar-refractivity contribution is -0.111. The van der Waals surface area contributed by atoms with E-state index in [-0.39, 0.29) is 6.04 Å². The average molecular weight is 167 g/mol. The van der Waals surface area contributed by atoms with Crippen molar-refractivity contribution >= 4 is 6.29 Å². The van der Waals surface area contributed by atoms with E-state index in [2.05, 4.69) is 24.8 Å². The first-order valence-electron chi connectivity index (χ1n) is 4.56. The van der Waals surface area contributed by atoms with Gasteiger partial charge in [0.15, 0.2) is 0 Å². The molecule has 2 heteroatoms. The number of rotatable bonds is 3. The normalized spacial score (nSPS) is 24.0. The monoisotopic (exact) mass is 167 g/mol. The van der Waals surface area contributed by atoms with Gasteiger partial charge in [-0.15, -0.1) is 0 Å². The molecule has 1 aliphatic heterocycles. The highest BCUT2D eigenvalue weighted by Crippen LogP contribution is 2.14. The topological polar surface area (TPSA) is 20.3 Å². The summed E-state index contributed by atoms with van der Waals surface area (Å²) in [6.45, 7) is 6.19. The van der Waals surface area contributed by atoms with Crippen molar-refractivity contribution in [3.05, 3.63) is 11.6 Å². The summed E-state index contributed by atoms with van der Waals surface area (Å²) in [6.07, 6.45) is 5.47. The Morgan fingerprint density at radius 2 is 2.33 bits per heavy atom. The highest BCUT2D eigenvalue weighted by Gasteiger charge is 2.22. The fourth-order valence-electron chi connectivity index (χ4n) is 1.53. The Labute approximate surface area is 74.2 Å². The van der Waals surface area contributed by atoms with Crippen LogP contribution in [0.25, 0.3) is 0 Å². The van der Waals surface area contributed by atoms with E-state index < -0.39 is 0 Å². The van der Waals surface area contributed by atoms with Crippen LogP contribution in [-0.2, 0) is 4.79 Å². The third-order valence-corrected chi connectivity index (χ3v) is 2.31. The van der Waals surface area contributed by atoms with Crippen molar-refractivity contribution < 1.29 is 4.79 Å². The zero-order valence-electron chi connectivity index (χ0n) is 7.92. The number of carbonyl (C=O) groups is 1. The quantitative estimate of drug-likeness (QED) is 0.470. The standard InChI is InChI=1S/C10H17NO/c1-9(2)5-7-11-6-3-4-10(11)8-12/h5,8,10H,3-4,6-7H2,1-2H3/t10-/m0/s1. The summed E-state index contributed by atoms with van der Waals surface area (Å²) in [7, 11) is 0. The number of carbonyl (C=O) groups excluding carboxylic acids is 1. The molecule has 0 aromatic rings. The summed E-state index contributed by atoms with van der Waals surface area (Å²) in [5.74, 6) is 0. The number of hydrogen-bond acceptors (Lipinski definition) is 2. The molecule has 0 N–H and O–H groups in total. The molecule has 0 spiro atoms.